The summed E-state index contributed by atoms with van der Waals surface area (Å²) in [6.45, 7) is -0.0206. The summed E-state index contributed by atoms with van der Waals surface area (Å²) in [5.74, 6) is -0.0519. The first-order chi connectivity index (χ1) is 13.3. The van der Waals surface area contributed by atoms with Crippen molar-refractivity contribution in [2.75, 3.05) is 6.54 Å². The minimum absolute atomic E-state index is 0.0206. The number of carbonyl (C=O) groups excluding carboxylic acids is 1. The first-order valence-electron chi connectivity index (χ1n) is 8.54. The molecule has 1 atom stereocenters. The van der Waals surface area contributed by atoms with E-state index in [1.165, 1.54) is 24.3 Å². The maximum Gasteiger partial charge on any atom is 0.416 e. The highest BCUT2D eigenvalue weighted by Crippen LogP contribution is 2.32. The highest BCUT2D eigenvalue weighted by Gasteiger charge is 2.33. The summed E-state index contributed by atoms with van der Waals surface area (Å²) in [7, 11) is 1.74. The van der Waals surface area contributed by atoms with Crippen molar-refractivity contribution in [2.24, 2.45) is 12.8 Å². The lowest BCUT2D eigenvalue weighted by Gasteiger charge is -2.19. The van der Waals surface area contributed by atoms with Gasteiger partial charge in [-0.2, -0.15) is 18.3 Å². The lowest BCUT2D eigenvalue weighted by atomic mass is 9.99. The Hall–Kier alpha value is -3.07. The van der Waals surface area contributed by atoms with Crippen molar-refractivity contribution in [1.29, 1.82) is 0 Å². The number of nitrogens with one attached hydrogen (secondary N) is 1. The summed E-state index contributed by atoms with van der Waals surface area (Å²) in [6, 6.07) is 9.41. The number of halogens is 3. The molecule has 0 aliphatic rings. The third-order valence-electron chi connectivity index (χ3n) is 4.31. The fourth-order valence-corrected chi connectivity index (χ4v) is 2.90. The van der Waals surface area contributed by atoms with E-state index >= 15 is 0 Å². The Labute approximate surface area is 159 Å². The molecule has 3 N–H and O–H groups in total. The quantitative estimate of drug-likeness (QED) is 0.675. The van der Waals surface area contributed by atoms with Gasteiger partial charge in [-0.1, -0.05) is 18.2 Å². The van der Waals surface area contributed by atoms with Gasteiger partial charge in [0.05, 0.1) is 5.56 Å². The maximum absolute atomic E-state index is 13.2. The monoisotopic (exact) mass is 392 g/mol. The number of benzene rings is 1. The highest BCUT2D eigenvalue weighted by molar-refractivity contribution is 5.92. The summed E-state index contributed by atoms with van der Waals surface area (Å²) in [6.07, 6.45) is -2.92. The molecular formula is C19H19F3N4O2. The molecule has 2 heterocycles. The SMILES string of the molecule is Cn1nccc1-c1ccc(C(=O)N[C@H](CN)Cc2ccccc2C(F)(F)F)o1. The first-order valence-corrected chi connectivity index (χ1v) is 8.54. The Morgan fingerprint density at radius 1 is 1.25 bits per heavy atom. The van der Waals surface area contributed by atoms with Crippen LogP contribution in [0.25, 0.3) is 11.5 Å². The zero-order valence-corrected chi connectivity index (χ0v) is 15.0. The third kappa shape index (κ3) is 4.25. The van der Waals surface area contributed by atoms with Crippen molar-refractivity contribution in [3.63, 3.8) is 0 Å². The fraction of sp³-hybridized carbons (Fsp3) is 0.263. The molecule has 1 amide bonds. The number of rotatable bonds is 6. The van der Waals surface area contributed by atoms with E-state index in [1.54, 1.807) is 30.1 Å². The minimum Gasteiger partial charge on any atom is -0.449 e. The molecule has 28 heavy (non-hydrogen) atoms. The fourth-order valence-electron chi connectivity index (χ4n) is 2.90. The number of alkyl halides is 3. The molecule has 148 valence electrons. The van der Waals surface area contributed by atoms with E-state index in [9.17, 15) is 18.0 Å². The van der Waals surface area contributed by atoms with Gasteiger partial charge in [0.1, 0.15) is 5.69 Å². The number of hydrogen-bond acceptors (Lipinski definition) is 4. The van der Waals surface area contributed by atoms with Crippen molar-refractivity contribution < 1.29 is 22.4 Å². The van der Waals surface area contributed by atoms with Gasteiger partial charge >= 0.3 is 6.18 Å². The number of hydrogen-bond donors (Lipinski definition) is 2. The van der Waals surface area contributed by atoms with Crippen LogP contribution >= 0.6 is 0 Å². The first kappa shape index (κ1) is 19.7. The van der Waals surface area contributed by atoms with E-state index in [0.717, 1.165) is 6.07 Å². The van der Waals surface area contributed by atoms with Gasteiger partial charge in [-0.05, 0) is 36.2 Å². The number of carbonyl (C=O) groups is 1. The maximum atomic E-state index is 13.2. The predicted molar refractivity (Wildman–Crippen MR) is 96.4 cm³/mol. The van der Waals surface area contributed by atoms with Gasteiger partial charge < -0.3 is 15.5 Å². The number of aryl methyl sites for hydroxylation is 1. The van der Waals surface area contributed by atoms with Crippen molar-refractivity contribution in [3.05, 3.63) is 65.5 Å². The number of amides is 1. The molecule has 2 aromatic heterocycles. The van der Waals surface area contributed by atoms with Crippen molar-refractivity contribution in [1.82, 2.24) is 15.1 Å². The summed E-state index contributed by atoms with van der Waals surface area (Å²) in [5.41, 5.74) is 5.69. The van der Waals surface area contributed by atoms with Crippen LogP contribution in [0.1, 0.15) is 21.7 Å². The van der Waals surface area contributed by atoms with Gasteiger partial charge in [-0.3, -0.25) is 9.48 Å². The average Bonchev–Trinajstić information content (AvgIpc) is 3.29. The second-order valence-corrected chi connectivity index (χ2v) is 6.27. The molecule has 6 nitrogen and oxygen atoms in total. The Morgan fingerprint density at radius 2 is 2.00 bits per heavy atom. The molecule has 0 saturated carbocycles. The van der Waals surface area contributed by atoms with E-state index < -0.39 is 23.7 Å². The molecule has 0 aliphatic carbocycles. The lowest BCUT2D eigenvalue weighted by Crippen LogP contribution is -2.41. The molecule has 0 spiro atoms. The predicted octanol–water partition coefficient (Wildman–Crippen LogP) is 3.00. The van der Waals surface area contributed by atoms with E-state index in [1.807, 2.05) is 0 Å². The summed E-state index contributed by atoms with van der Waals surface area (Å²) < 4.78 is 46.6. The zero-order chi connectivity index (χ0) is 20.3. The van der Waals surface area contributed by atoms with Gasteiger partial charge in [-0.25, -0.2) is 0 Å². The largest absolute Gasteiger partial charge is 0.449 e. The molecule has 0 fully saturated rings. The van der Waals surface area contributed by atoms with Crippen molar-refractivity contribution in [2.45, 2.75) is 18.6 Å². The van der Waals surface area contributed by atoms with Crippen LogP contribution < -0.4 is 11.1 Å². The highest BCUT2D eigenvalue weighted by atomic mass is 19.4. The van der Waals surface area contributed by atoms with Crippen LogP contribution in [0, 0.1) is 0 Å². The number of nitrogens with zero attached hydrogens (tertiary/aromatic N) is 2. The number of aromatic nitrogens is 2. The molecule has 0 unspecified atom stereocenters. The molecule has 0 bridgehead atoms. The Bertz CT molecular complexity index is 962. The summed E-state index contributed by atoms with van der Waals surface area (Å²) in [5, 5.41) is 6.67. The summed E-state index contributed by atoms with van der Waals surface area (Å²) >= 11 is 0. The van der Waals surface area contributed by atoms with Gasteiger partial charge in [0.2, 0.25) is 0 Å². The van der Waals surface area contributed by atoms with Crippen LogP contribution in [0.15, 0.2) is 53.1 Å². The molecule has 0 radical (unpaired) electrons. The molecular weight excluding hydrogens is 373 g/mol. The van der Waals surface area contributed by atoms with Crippen LogP contribution in [0.4, 0.5) is 13.2 Å². The van der Waals surface area contributed by atoms with E-state index in [2.05, 4.69) is 10.4 Å². The molecule has 0 aliphatic heterocycles. The van der Waals surface area contributed by atoms with Crippen LogP contribution in [0.2, 0.25) is 0 Å². The van der Waals surface area contributed by atoms with Crippen LogP contribution in [-0.2, 0) is 19.6 Å². The topological polar surface area (TPSA) is 86.1 Å². The van der Waals surface area contributed by atoms with Crippen molar-refractivity contribution in [3.8, 4) is 11.5 Å². The van der Waals surface area contributed by atoms with Gasteiger partial charge in [0, 0.05) is 25.8 Å². The minimum atomic E-state index is -4.47. The molecule has 3 rings (SSSR count). The van der Waals surface area contributed by atoms with E-state index in [4.69, 9.17) is 10.2 Å². The van der Waals surface area contributed by atoms with Crippen molar-refractivity contribution >= 4 is 5.91 Å². The molecule has 1 aromatic carbocycles. The van der Waals surface area contributed by atoms with Crippen LogP contribution in [-0.4, -0.2) is 28.3 Å². The molecule has 0 saturated heterocycles. The number of nitrogens with two attached hydrogens (primary N) is 1. The Balaban J connectivity index is 1.73. The average molecular weight is 392 g/mol. The summed E-state index contributed by atoms with van der Waals surface area (Å²) in [4.78, 5) is 12.4. The molecule has 9 heteroatoms. The zero-order valence-electron chi connectivity index (χ0n) is 15.0. The Morgan fingerprint density at radius 3 is 2.64 bits per heavy atom. The van der Waals surface area contributed by atoms with Gasteiger partial charge in [0.15, 0.2) is 11.5 Å². The van der Waals surface area contributed by atoms with Crippen LogP contribution in [0.5, 0.6) is 0 Å². The number of furan rings is 1. The standard InChI is InChI=1S/C19H19F3N4O2/c1-26-15(8-9-24-26)16-6-7-17(28-16)18(27)25-13(11-23)10-12-4-2-3-5-14(12)19(20,21)22/h2-9,13H,10-11,23H2,1H3,(H,25,27)/t13-/m0/s1. The molecule has 3 aromatic rings. The third-order valence-corrected chi connectivity index (χ3v) is 4.31. The van der Waals surface area contributed by atoms with E-state index in [0.29, 0.717) is 11.5 Å². The Kier molecular flexibility index (Phi) is 5.55. The van der Waals surface area contributed by atoms with Gasteiger partial charge in [-0.15, -0.1) is 0 Å². The normalized spacial score (nSPS) is 12.8. The second-order valence-electron chi connectivity index (χ2n) is 6.27. The smallest absolute Gasteiger partial charge is 0.416 e. The van der Waals surface area contributed by atoms with E-state index in [-0.39, 0.29) is 24.3 Å². The second kappa shape index (κ2) is 7.89. The van der Waals surface area contributed by atoms with Crippen LogP contribution in [0.3, 0.4) is 0 Å². The lowest BCUT2D eigenvalue weighted by molar-refractivity contribution is -0.138. The van der Waals surface area contributed by atoms with Gasteiger partial charge in [0.25, 0.3) is 5.91 Å².